The van der Waals surface area contributed by atoms with Gasteiger partial charge in [0.25, 0.3) is 0 Å². The van der Waals surface area contributed by atoms with Gasteiger partial charge in [0.2, 0.25) is 0 Å². The minimum atomic E-state index is 0.825. The molecule has 1 nitrogen and oxygen atoms in total. The zero-order valence-electron chi connectivity index (χ0n) is 6.94. The first-order valence-electron chi connectivity index (χ1n) is 3.34. The van der Waals surface area contributed by atoms with E-state index in [2.05, 4.69) is 6.58 Å². The molecule has 10 heavy (non-hydrogen) atoms. The SMILES string of the molecule is C=C(C)C(/C=C\C)=C(\C)N. The van der Waals surface area contributed by atoms with E-state index in [1.165, 1.54) is 0 Å². The topological polar surface area (TPSA) is 26.0 Å². The number of hydrogen-bond donors (Lipinski definition) is 1. The van der Waals surface area contributed by atoms with Crippen LogP contribution in [0.15, 0.2) is 35.6 Å². The number of allylic oxidation sites excluding steroid dienone is 5. The fourth-order valence-electron chi connectivity index (χ4n) is 0.777. The third-order valence-electron chi connectivity index (χ3n) is 1.22. The van der Waals surface area contributed by atoms with Crippen LogP contribution in [0, 0.1) is 0 Å². The average Bonchev–Trinajstić information content (AvgIpc) is 1.81. The fourth-order valence-corrected chi connectivity index (χ4v) is 0.777. The fraction of sp³-hybridized carbons (Fsp3) is 0.333. The molecule has 0 amide bonds. The van der Waals surface area contributed by atoms with Gasteiger partial charge in [0, 0.05) is 5.70 Å². The van der Waals surface area contributed by atoms with Crippen LogP contribution >= 0.6 is 0 Å². The summed E-state index contributed by atoms with van der Waals surface area (Å²) in [6.45, 7) is 9.60. The summed E-state index contributed by atoms with van der Waals surface area (Å²) in [5.41, 5.74) is 8.47. The van der Waals surface area contributed by atoms with E-state index in [4.69, 9.17) is 5.73 Å². The Bertz CT molecular complexity index is 181. The van der Waals surface area contributed by atoms with Crippen molar-refractivity contribution in [3.8, 4) is 0 Å². The van der Waals surface area contributed by atoms with Crippen molar-refractivity contribution in [3.05, 3.63) is 35.6 Å². The second-order valence-corrected chi connectivity index (χ2v) is 2.38. The van der Waals surface area contributed by atoms with Gasteiger partial charge in [-0.25, -0.2) is 0 Å². The Hall–Kier alpha value is -0.980. The van der Waals surface area contributed by atoms with Crippen LogP contribution in [0.25, 0.3) is 0 Å². The van der Waals surface area contributed by atoms with Gasteiger partial charge in [-0.05, 0) is 31.9 Å². The van der Waals surface area contributed by atoms with Crippen molar-refractivity contribution in [1.29, 1.82) is 0 Å². The standard InChI is InChI=1S/C9H15N/c1-5-6-9(7(2)3)8(4)10/h5-6H,2,10H2,1,3-4H3/b6-5-,9-8+. The first kappa shape index (κ1) is 9.02. The maximum atomic E-state index is 5.59. The molecule has 0 radical (unpaired) electrons. The van der Waals surface area contributed by atoms with Gasteiger partial charge in [0.1, 0.15) is 0 Å². The Labute approximate surface area is 62.9 Å². The molecule has 0 aromatic carbocycles. The lowest BCUT2D eigenvalue weighted by Gasteiger charge is -2.01. The zero-order chi connectivity index (χ0) is 8.15. The molecule has 0 spiro atoms. The van der Waals surface area contributed by atoms with Gasteiger partial charge >= 0.3 is 0 Å². The molecule has 0 aromatic heterocycles. The van der Waals surface area contributed by atoms with Crippen LogP contribution in [0.1, 0.15) is 20.8 Å². The lowest BCUT2D eigenvalue weighted by atomic mass is 10.1. The summed E-state index contributed by atoms with van der Waals surface area (Å²) >= 11 is 0. The molecule has 0 aliphatic rings. The van der Waals surface area contributed by atoms with Gasteiger partial charge in [0.15, 0.2) is 0 Å². The van der Waals surface area contributed by atoms with E-state index in [-0.39, 0.29) is 0 Å². The molecule has 0 saturated carbocycles. The Kier molecular flexibility index (Phi) is 3.55. The van der Waals surface area contributed by atoms with Crippen molar-refractivity contribution in [2.45, 2.75) is 20.8 Å². The summed E-state index contributed by atoms with van der Waals surface area (Å²) in [5, 5.41) is 0. The number of rotatable bonds is 2. The normalized spacial score (nSPS) is 13.5. The summed E-state index contributed by atoms with van der Waals surface area (Å²) < 4.78 is 0. The number of hydrogen-bond acceptors (Lipinski definition) is 1. The first-order valence-corrected chi connectivity index (χ1v) is 3.34. The van der Waals surface area contributed by atoms with E-state index in [1.54, 1.807) is 0 Å². The minimum absolute atomic E-state index is 0.825. The van der Waals surface area contributed by atoms with Gasteiger partial charge in [-0.15, -0.1) is 0 Å². The van der Waals surface area contributed by atoms with Crippen LogP contribution in [-0.4, -0.2) is 0 Å². The van der Waals surface area contributed by atoms with E-state index in [1.807, 2.05) is 32.9 Å². The summed E-state index contributed by atoms with van der Waals surface area (Å²) in [5.74, 6) is 0. The minimum Gasteiger partial charge on any atom is -0.402 e. The molecule has 0 saturated heterocycles. The Morgan fingerprint density at radius 3 is 2.00 bits per heavy atom. The largest absolute Gasteiger partial charge is 0.402 e. The molecule has 0 bridgehead atoms. The van der Waals surface area contributed by atoms with Gasteiger partial charge in [0.05, 0.1) is 0 Å². The molecule has 0 heterocycles. The van der Waals surface area contributed by atoms with Crippen molar-refractivity contribution in [1.82, 2.24) is 0 Å². The van der Waals surface area contributed by atoms with Crippen molar-refractivity contribution >= 4 is 0 Å². The Balaban J connectivity index is 4.61. The average molecular weight is 137 g/mol. The molecule has 2 N–H and O–H groups in total. The summed E-state index contributed by atoms with van der Waals surface area (Å²) in [7, 11) is 0. The monoisotopic (exact) mass is 137 g/mol. The van der Waals surface area contributed by atoms with Crippen LogP contribution < -0.4 is 5.73 Å². The van der Waals surface area contributed by atoms with E-state index in [9.17, 15) is 0 Å². The third-order valence-corrected chi connectivity index (χ3v) is 1.22. The third kappa shape index (κ3) is 2.53. The molecular weight excluding hydrogens is 122 g/mol. The molecule has 0 atom stereocenters. The summed E-state index contributed by atoms with van der Waals surface area (Å²) in [4.78, 5) is 0. The van der Waals surface area contributed by atoms with Crippen molar-refractivity contribution < 1.29 is 0 Å². The van der Waals surface area contributed by atoms with Crippen LogP contribution in [0.5, 0.6) is 0 Å². The molecular formula is C9H15N. The lowest BCUT2D eigenvalue weighted by Crippen LogP contribution is -1.96. The molecule has 0 unspecified atom stereocenters. The van der Waals surface area contributed by atoms with Crippen LogP contribution in [0.2, 0.25) is 0 Å². The van der Waals surface area contributed by atoms with E-state index < -0.39 is 0 Å². The highest BCUT2D eigenvalue weighted by Gasteiger charge is 1.93. The molecule has 0 rings (SSSR count). The van der Waals surface area contributed by atoms with E-state index >= 15 is 0 Å². The molecule has 0 fully saturated rings. The van der Waals surface area contributed by atoms with Crippen molar-refractivity contribution in [3.63, 3.8) is 0 Å². The summed E-state index contributed by atoms with van der Waals surface area (Å²) in [6.07, 6.45) is 3.93. The smallest absolute Gasteiger partial charge is 0.0125 e. The lowest BCUT2D eigenvalue weighted by molar-refractivity contribution is 1.24. The Morgan fingerprint density at radius 2 is 1.90 bits per heavy atom. The molecule has 56 valence electrons. The van der Waals surface area contributed by atoms with Crippen LogP contribution in [0.4, 0.5) is 0 Å². The van der Waals surface area contributed by atoms with Gasteiger partial charge < -0.3 is 5.73 Å². The number of nitrogens with two attached hydrogens (primary N) is 1. The maximum absolute atomic E-state index is 5.59. The van der Waals surface area contributed by atoms with Gasteiger partial charge in [-0.1, -0.05) is 18.7 Å². The maximum Gasteiger partial charge on any atom is 0.0125 e. The second-order valence-electron chi connectivity index (χ2n) is 2.38. The van der Waals surface area contributed by atoms with Crippen LogP contribution in [-0.2, 0) is 0 Å². The van der Waals surface area contributed by atoms with E-state index in [0.29, 0.717) is 0 Å². The van der Waals surface area contributed by atoms with Crippen molar-refractivity contribution in [2.24, 2.45) is 5.73 Å². The summed E-state index contributed by atoms with van der Waals surface area (Å²) in [6, 6.07) is 0. The quantitative estimate of drug-likeness (QED) is 0.581. The molecule has 1 heteroatoms. The zero-order valence-corrected chi connectivity index (χ0v) is 6.94. The molecule has 0 aliphatic heterocycles. The van der Waals surface area contributed by atoms with Gasteiger partial charge in [-0.2, -0.15) is 0 Å². The van der Waals surface area contributed by atoms with Gasteiger partial charge in [-0.3, -0.25) is 0 Å². The Morgan fingerprint density at radius 1 is 1.40 bits per heavy atom. The predicted octanol–water partition coefficient (Wildman–Crippen LogP) is 2.37. The second kappa shape index (κ2) is 3.94. The highest BCUT2D eigenvalue weighted by Crippen LogP contribution is 2.10. The predicted molar refractivity (Wildman–Crippen MR) is 46.5 cm³/mol. The van der Waals surface area contributed by atoms with Crippen molar-refractivity contribution in [2.75, 3.05) is 0 Å². The molecule has 0 aliphatic carbocycles. The van der Waals surface area contributed by atoms with Crippen LogP contribution in [0.3, 0.4) is 0 Å². The van der Waals surface area contributed by atoms with E-state index in [0.717, 1.165) is 16.8 Å². The molecule has 0 aromatic rings. The first-order chi connectivity index (χ1) is 4.59. The highest BCUT2D eigenvalue weighted by molar-refractivity contribution is 5.38. The highest BCUT2D eigenvalue weighted by atomic mass is 14.6.